The molecule has 1 amide bonds. The van der Waals surface area contributed by atoms with E-state index in [0.29, 0.717) is 13.0 Å². The Hall–Kier alpha value is -2.94. The van der Waals surface area contributed by atoms with E-state index in [1.807, 2.05) is 0 Å². The molecule has 1 atom stereocenters. The van der Waals surface area contributed by atoms with E-state index in [4.69, 9.17) is 9.47 Å². The molecule has 7 nitrogen and oxygen atoms in total. The van der Waals surface area contributed by atoms with E-state index in [1.54, 1.807) is 37.3 Å². The molecule has 1 heterocycles. The quantitative estimate of drug-likeness (QED) is 0.576. The fourth-order valence-corrected chi connectivity index (χ4v) is 5.18. The Labute approximate surface area is 180 Å². The van der Waals surface area contributed by atoms with Crippen molar-refractivity contribution in [1.82, 2.24) is 4.90 Å². The minimum atomic E-state index is -3.13. The molecule has 0 bridgehead atoms. The van der Waals surface area contributed by atoms with Crippen molar-refractivity contribution in [2.45, 2.75) is 26.0 Å². The molecule has 1 aliphatic rings. The SMILES string of the molecule is CCN(C(=O)COC(=O)c1ccccc1OCc1ccc(F)cc1)C1CCS(=O)(=O)C1. The highest BCUT2D eigenvalue weighted by Crippen LogP contribution is 2.21. The zero-order valence-electron chi connectivity index (χ0n) is 17.1. The largest absolute Gasteiger partial charge is 0.488 e. The molecule has 1 fully saturated rings. The molecule has 1 aliphatic heterocycles. The third kappa shape index (κ3) is 6.04. The molecule has 0 spiro atoms. The molecule has 9 heteroatoms. The summed E-state index contributed by atoms with van der Waals surface area (Å²) in [7, 11) is -3.13. The second kappa shape index (κ2) is 9.91. The monoisotopic (exact) mass is 449 g/mol. The highest BCUT2D eigenvalue weighted by Gasteiger charge is 2.34. The zero-order chi connectivity index (χ0) is 22.4. The fraction of sp³-hybridized carbons (Fsp3) is 0.364. The highest BCUT2D eigenvalue weighted by atomic mass is 32.2. The van der Waals surface area contributed by atoms with Crippen LogP contribution in [-0.4, -0.2) is 55.9 Å². The Morgan fingerprint density at radius 1 is 1.13 bits per heavy atom. The van der Waals surface area contributed by atoms with Gasteiger partial charge in [-0.05, 0) is 43.2 Å². The van der Waals surface area contributed by atoms with Crippen molar-refractivity contribution in [1.29, 1.82) is 0 Å². The predicted octanol–water partition coefficient (Wildman–Crippen LogP) is 2.60. The van der Waals surface area contributed by atoms with Gasteiger partial charge in [0.1, 0.15) is 23.7 Å². The molecule has 0 radical (unpaired) electrons. The van der Waals surface area contributed by atoms with Crippen molar-refractivity contribution < 1.29 is 31.9 Å². The van der Waals surface area contributed by atoms with Crippen molar-refractivity contribution in [3.8, 4) is 5.75 Å². The number of esters is 1. The second-order valence-electron chi connectivity index (χ2n) is 7.22. The molecule has 31 heavy (non-hydrogen) atoms. The van der Waals surface area contributed by atoms with Gasteiger partial charge >= 0.3 is 5.97 Å². The van der Waals surface area contributed by atoms with Gasteiger partial charge in [0, 0.05) is 12.6 Å². The van der Waals surface area contributed by atoms with E-state index in [0.717, 1.165) is 5.56 Å². The first-order valence-electron chi connectivity index (χ1n) is 9.92. The van der Waals surface area contributed by atoms with Crippen LogP contribution in [0.5, 0.6) is 5.75 Å². The third-order valence-electron chi connectivity index (χ3n) is 5.05. The van der Waals surface area contributed by atoms with Gasteiger partial charge < -0.3 is 14.4 Å². The maximum Gasteiger partial charge on any atom is 0.342 e. The van der Waals surface area contributed by atoms with Gasteiger partial charge in [0.25, 0.3) is 5.91 Å². The number of hydrogen-bond donors (Lipinski definition) is 0. The van der Waals surface area contributed by atoms with E-state index < -0.39 is 34.4 Å². The molecule has 2 aromatic rings. The number of para-hydroxylation sites is 1. The summed E-state index contributed by atoms with van der Waals surface area (Å²) in [6.07, 6.45) is 0.385. The summed E-state index contributed by atoms with van der Waals surface area (Å²) in [5.41, 5.74) is 0.883. The van der Waals surface area contributed by atoms with Crippen molar-refractivity contribution >= 4 is 21.7 Å². The molecule has 3 rings (SSSR count). The Bertz CT molecular complexity index is 1040. The maximum atomic E-state index is 13.0. The van der Waals surface area contributed by atoms with Crippen LogP contribution in [0.1, 0.15) is 29.3 Å². The van der Waals surface area contributed by atoms with Crippen LogP contribution < -0.4 is 4.74 Å². The summed E-state index contributed by atoms with van der Waals surface area (Å²) < 4.78 is 47.3. The highest BCUT2D eigenvalue weighted by molar-refractivity contribution is 7.91. The Morgan fingerprint density at radius 3 is 2.48 bits per heavy atom. The second-order valence-corrected chi connectivity index (χ2v) is 9.45. The lowest BCUT2D eigenvalue weighted by atomic mass is 10.2. The number of carbonyl (C=O) groups excluding carboxylic acids is 2. The van der Waals surface area contributed by atoms with Crippen LogP contribution >= 0.6 is 0 Å². The van der Waals surface area contributed by atoms with Crippen molar-refractivity contribution in [2.75, 3.05) is 24.7 Å². The number of amides is 1. The number of ether oxygens (including phenoxy) is 2. The van der Waals surface area contributed by atoms with Gasteiger partial charge in [-0.1, -0.05) is 24.3 Å². The number of carbonyl (C=O) groups is 2. The van der Waals surface area contributed by atoms with E-state index >= 15 is 0 Å². The molecule has 2 aromatic carbocycles. The van der Waals surface area contributed by atoms with Crippen LogP contribution in [0.25, 0.3) is 0 Å². The van der Waals surface area contributed by atoms with Crippen LogP contribution in [0.15, 0.2) is 48.5 Å². The maximum absolute atomic E-state index is 13.0. The molecule has 0 saturated carbocycles. The molecule has 0 aliphatic carbocycles. The summed E-state index contributed by atoms with van der Waals surface area (Å²) >= 11 is 0. The summed E-state index contributed by atoms with van der Waals surface area (Å²) in [6, 6.07) is 11.9. The first kappa shape index (κ1) is 22.7. The summed E-state index contributed by atoms with van der Waals surface area (Å²) in [5.74, 6) is -1.26. The van der Waals surface area contributed by atoms with E-state index in [9.17, 15) is 22.4 Å². The number of sulfone groups is 1. The predicted molar refractivity (Wildman–Crippen MR) is 112 cm³/mol. The molecule has 0 N–H and O–H groups in total. The smallest absolute Gasteiger partial charge is 0.342 e. The van der Waals surface area contributed by atoms with Crippen LogP contribution in [0.2, 0.25) is 0 Å². The van der Waals surface area contributed by atoms with Gasteiger partial charge in [0.15, 0.2) is 16.4 Å². The van der Waals surface area contributed by atoms with E-state index in [-0.39, 0.29) is 35.2 Å². The van der Waals surface area contributed by atoms with Crippen LogP contribution in [0.3, 0.4) is 0 Å². The van der Waals surface area contributed by atoms with E-state index in [2.05, 4.69) is 0 Å². The minimum Gasteiger partial charge on any atom is -0.488 e. The van der Waals surface area contributed by atoms with Crippen molar-refractivity contribution in [3.63, 3.8) is 0 Å². The molecular weight excluding hydrogens is 425 g/mol. The number of benzene rings is 2. The van der Waals surface area contributed by atoms with E-state index in [1.165, 1.54) is 23.1 Å². The molecule has 0 aromatic heterocycles. The molecular formula is C22H24FNO6S. The van der Waals surface area contributed by atoms with Crippen LogP contribution in [-0.2, 0) is 26.0 Å². The van der Waals surface area contributed by atoms with Gasteiger partial charge in [0.05, 0.1) is 11.5 Å². The van der Waals surface area contributed by atoms with Crippen LogP contribution in [0, 0.1) is 5.82 Å². The first-order valence-corrected chi connectivity index (χ1v) is 11.7. The summed E-state index contributed by atoms with van der Waals surface area (Å²) in [5, 5.41) is 0. The van der Waals surface area contributed by atoms with Crippen molar-refractivity contribution in [2.24, 2.45) is 0 Å². The normalized spacial score (nSPS) is 17.2. The van der Waals surface area contributed by atoms with Gasteiger partial charge in [-0.2, -0.15) is 0 Å². The third-order valence-corrected chi connectivity index (χ3v) is 6.80. The molecule has 166 valence electrons. The van der Waals surface area contributed by atoms with Crippen molar-refractivity contribution in [3.05, 3.63) is 65.5 Å². The average Bonchev–Trinajstić information content (AvgIpc) is 3.11. The summed E-state index contributed by atoms with van der Waals surface area (Å²) in [4.78, 5) is 26.5. The minimum absolute atomic E-state index is 0.0556. The Kier molecular flexibility index (Phi) is 7.27. The Morgan fingerprint density at radius 2 is 1.84 bits per heavy atom. The average molecular weight is 450 g/mol. The molecule has 1 unspecified atom stereocenters. The number of hydrogen-bond acceptors (Lipinski definition) is 6. The van der Waals surface area contributed by atoms with Crippen LogP contribution in [0.4, 0.5) is 4.39 Å². The lowest BCUT2D eigenvalue weighted by Crippen LogP contribution is -2.43. The standard InChI is InChI=1S/C22H24FNO6S/c1-2-24(18-11-12-31(27,28)15-18)21(25)14-30-22(26)19-5-3-4-6-20(19)29-13-16-7-9-17(23)10-8-16/h3-10,18H,2,11-15H2,1H3. The zero-order valence-corrected chi connectivity index (χ0v) is 17.9. The lowest BCUT2D eigenvalue weighted by molar-refractivity contribution is -0.136. The lowest BCUT2D eigenvalue weighted by Gasteiger charge is -2.26. The van der Waals surface area contributed by atoms with Gasteiger partial charge in [0.2, 0.25) is 0 Å². The number of nitrogens with zero attached hydrogens (tertiary/aromatic N) is 1. The summed E-state index contributed by atoms with van der Waals surface area (Å²) in [6.45, 7) is 1.72. The fourth-order valence-electron chi connectivity index (χ4n) is 3.45. The molecule has 1 saturated heterocycles. The van der Waals surface area contributed by atoms with Gasteiger partial charge in [-0.25, -0.2) is 17.6 Å². The Balaban J connectivity index is 1.60. The number of rotatable bonds is 8. The van der Waals surface area contributed by atoms with Gasteiger partial charge in [-0.15, -0.1) is 0 Å². The topological polar surface area (TPSA) is 90.0 Å². The number of likely N-dealkylation sites (N-methyl/N-ethyl adjacent to an activating group) is 1. The first-order chi connectivity index (χ1) is 14.8. The van der Waals surface area contributed by atoms with Gasteiger partial charge in [-0.3, -0.25) is 4.79 Å². The number of halogens is 1.